The maximum absolute atomic E-state index is 3.84. The van der Waals surface area contributed by atoms with Crippen molar-refractivity contribution >= 4 is 11.3 Å². The van der Waals surface area contributed by atoms with E-state index in [0.717, 1.165) is 6.42 Å². The van der Waals surface area contributed by atoms with Gasteiger partial charge in [0, 0.05) is 21.8 Å². The molecule has 114 valence electrons. The molecule has 0 saturated carbocycles. The van der Waals surface area contributed by atoms with E-state index in [9.17, 15) is 0 Å². The summed E-state index contributed by atoms with van der Waals surface area (Å²) in [7, 11) is 0. The Morgan fingerprint density at radius 2 is 1.71 bits per heavy atom. The van der Waals surface area contributed by atoms with Gasteiger partial charge in [-0.25, -0.2) is 0 Å². The lowest BCUT2D eigenvalue weighted by molar-refractivity contribution is 0.255. The molecule has 1 nitrogen and oxygen atoms in total. The van der Waals surface area contributed by atoms with E-state index in [-0.39, 0.29) is 5.41 Å². The van der Waals surface area contributed by atoms with Crippen LogP contribution < -0.4 is 5.32 Å². The summed E-state index contributed by atoms with van der Waals surface area (Å²) in [6.45, 7) is 11.4. The summed E-state index contributed by atoms with van der Waals surface area (Å²) in [5.41, 5.74) is 1.55. The molecule has 0 aliphatic carbocycles. The van der Waals surface area contributed by atoms with Crippen LogP contribution in [-0.4, -0.2) is 0 Å². The predicted octanol–water partition coefficient (Wildman–Crippen LogP) is 5.75. The molecule has 0 radical (unpaired) electrons. The molecule has 1 heterocycles. The number of hydrogen-bond donors (Lipinski definition) is 1. The van der Waals surface area contributed by atoms with Gasteiger partial charge < -0.3 is 5.32 Å². The van der Waals surface area contributed by atoms with Crippen molar-refractivity contribution in [3.8, 4) is 0 Å². The van der Waals surface area contributed by atoms with Gasteiger partial charge in [0.1, 0.15) is 0 Å². The van der Waals surface area contributed by atoms with Crippen LogP contribution in [0.4, 0.5) is 0 Å². The third-order valence-electron chi connectivity index (χ3n) is 3.87. The van der Waals surface area contributed by atoms with E-state index in [1.54, 1.807) is 0 Å². The highest BCUT2D eigenvalue weighted by atomic mass is 32.1. The fraction of sp³-hybridized carbons (Fsp3) is 0.474. The number of benzene rings is 1. The molecule has 2 heteroatoms. The standard InChI is InChI=1S/C19H27NS/c1-6-16-12-13-17(21-16)14(2)20-18(19(3,4)5)15-10-8-7-9-11-15/h7-14,18,20H,6H2,1-5H3. The van der Waals surface area contributed by atoms with Gasteiger partial charge in [0.15, 0.2) is 0 Å². The second-order valence-corrected chi connectivity index (χ2v) is 7.96. The number of aryl methyl sites for hydroxylation is 1. The normalized spacial score (nSPS) is 14.9. The second kappa shape index (κ2) is 6.76. The Morgan fingerprint density at radius 1 is 1.05 bits per heavy atom. The summed E-state index contributed by atoms with van der Waals surface area (Å²) in [6.07, 6.45) is 1.12. The lowest BCUT2D eigenvalue weighted by Gasteiger charge is -2.34. The molecular weight excluding hydrogens is 274 g/mol. The van der Waals surface area contributed by atoms with Crippen LogP contribution in [0, 0.1) is 5.41 Å². The molecule has 0 amide bonds. The molecule has 0 saturated heterocycles. The van der Waals surface area contributed by atoms with Crippen LogP contribution in [0.1, 0.15) is 62.0 Å². The SMILES string of the molecule is CCc1ccc(C(C)NC(c2ccccc2)C(C)(C)C)s1. The molecule has 0 aliphatic rings. The number of thiophene rings is 1. The van der Waals surface area contributed by atoms with Crippen molar-refractivity contribution in [3.63, 3.8) is 0 Å². The van der Waals surface area contributed by atoms with Crippen LogP contribution in [-0.2, 0) is 6.42 Å². The summed E-state index contributed by atoms with van der Waals surface area (Å²) in [6, 6.07) is 16.0. The molecule has 2 atom stereocenters. The van der Waals surface area contributed by atoms with Crippen molar-refractivity contribution in [3.05, 3.63) is 57.8 Å². The van der Waals surface area contributed by atoms with Gasteiger partial charge >= 0.3 is 0 Å². The summed E-state index contributed by atoms with van der Waals surface area (Å²) < 4.78 is 0. The number of nitrogens with one attached hydrogen (secondary N) is 1. The van der Waals surface area contributed by atoms with Gasteiger partial charge in [0.05, 0.1) is 0 Å². The van der Waals surface area contributed by atoms with Gasteiger partial charge in [-0.2, -0.15) is 0 Å². The van der Waals surface area contributed by atoms with E-state index >= 15 is 0 Å². The molecule has 0 aliphatic heterocycles. The van der Waals surface area contributed by atoms with Crippen LogP contribution >= 0.6 is 11.3 Å². The van der Waals surface area contributed by atoms with Crippen molar-refractivity contribution < 1.29 is 0 Å². The maximum atomic E-state index is 3.84. The molecule has 21 heavy (non-hydrogen) atoms. The van der Waals surface area contributed by atoms with Crippen LogP contribution in [0.25, 0.3) is 0 Å². The van der Waals surface area contributed by atoms with Crippen molar-refractivity contribution in [1.29, 1.82) is 0 Å². The minimum Gasteiger partial charge on any atom is -0.302 e. The Morgan fingerprint density at radius 3 is 2.24 bits per heavy atom. The lowest BCUT2D eigenvalue weighted by Crippen LogP contribution is -2.33. The van der Waals surface area contributed by atoms with E-state index in [4.69, 9.17) is 0 Å². The van der Waals surface area contributed by atoms with E-state index < -0.39 is 0 Å². The molecule has 2 aromatic rings. The average molecular weight is 301 g/mol. The molecule has 0 bridgehead atoms. The van der Waals surface area contributed by atoms with Crippen LogP contribution in [0.3, 0.4) is 0 Å². The molecule has 2 rings (SSSR count). The molecule has 1 aromatic heterocycles. The first kappa shape index (κ1) is 16.3. The van der Waals surface area contributed by atoms with Crippen LogP contribution in [0.5, 0.6) is 0 Å². The summed E-state index contributed by atoms with van der Waals surface area (Å²) in [5.74, 6) is 0. The van der Waals surface area contributed by atoms with Gasteiger partial charge in [0.2, 0.25) is 0 Å². The van der Waals surface area contributed by atoms with Crippen molar-refractivity contribution in [2.45, 2.75) is 53.1 Å². The average Bonchev–Trinajstić information content (AvgIpc) is 2.93. The second-order valence-electron chi connectivity index (χ2n) is 6.76. The van der Waals surface area contributed by atoms with Gasteiger partial charge in [-0.3, -0.25) is 0 Å². The van der Waals surface area contributed by atoms with Crippen LogP contribution in [0.15, 0.2) is 42.5 Å². The Hall–Kier alpha value is -1.12. The monoisotopic (exact) mass is 301 g/mol. The first-order valence-electron chi connectivity index (χ1n) is 7.81. The minimum absolute atomic E-state index is 0.181. The summed E-state index contributed by atoms with van der Waals surface area (Å²) in [5, 5.41) is 3.84. The van der Waals surface area contributed by atoms with E-state index in [2.05, 4.69) is 82.4 Å². The zero-order valence-electron chi connectivity index (χ0n) is 13.8. The van der Waals surface area contributed by atoms with Gasteiger partial charge in [0.25, 0.3) is 0 Å². The van der Waals surface area contributed by atoms with Gasteiger partial charge in [-0.05, 0) is 36.5 Å². The molecule has 0 fully saturated rings. The third kappa shape index (κ3) is 4.18. The Kier molecular flexibility index (Phi) is 5.23. The van der Waals surface area contributed by atoms with Gasteiger partial charge in [-0.1, -0.05) is 58.0 Å². The quantitative estimate of drug-likeness (QED) is 0.741. The minimum atomic E-state index is 0.181. The Balaban J connectivity index is 2.19. The van der Waals surface area contributed by atoms with E-state index in [1.165, 1.54) is 15.3 Å². The largest absolute Gasteiger partial charge is 0.302 e. The predicted molar refractivity (Wildman–Crippen MR) is 93.9 cm³/mol. The molecule has 1 aromatic carbocycles. The topological polar surface area (TPSA) is 12.0 Å². The smallest absolute Gasteiger partial charge is 0.0391 e. The highest BCUT2D eigenvalue weighted by Crippen LogP contribution is 2.35. The first-order valence-corrected chi connectivity index (χ1v) is 8.63. The van der Waals surface area contributed by atoms with Gasteiger partial charge in [-0.15, -0.1) is 11.3 Å². The first-order chi connectivity index (χ1) is 9.91. The third-order valence-corrected chi connectivity index (χ3v) is 5.29. The van der Waals surface area contributed by atoms with Crippen molar-refractivity contribution in [2.24, 2.45) is 5.41 Å². The molecule has 2 unspecified atom stereocenters. The van der Waals surface area contributed by atoms with Crippen molar-refractivity contribution in [1.82, 2.24) is 5.32 Å². The molecule has 0 spiro atoms. The zero-order valence-corrected chi connectivity index (χ0v) is 14.6. The fourth-order valence-corrected chi connectivity index (χ4v) is 3.61. The zero-order chi connectivity index (χ0) is 15.5. The Bertz CT molecular complexity index is 550. The lowest BCUT2D eigenvalue weighted by atomic mass is 9.82. The van der Waals surface area contributed by atoms with Crippen molar-refractivity contribution in [2.75, 3.05) is 0 Å². The highest BCUT2D eigenvalue weighted by molar-refractivity contribution is 7.12. The molecule has 1 N–H and O–H groups in total. The summed E-state index contributed by atoms with van der Waals surface area (Å²) in [4.78, 5) is 2.89. The van der Waals surface area contributed by atoms with E-state index in [0.29, 0.717) is 12.1 Å². The van der Waals surface area contributed by atoms with Crippen LogP contribution in [0.2, 0.25) is 0 Å². The van der Waals surface area contributed by atoms with E-state index in [1.807, 2.05) is 11.3 Å². The number of hydrogen-bond acceptors (Lipinski definition) is 2. The number of rotatable bonds is 5. The Labute approximate surface area is 133 Å². The summed E-state index contributed by atoms with van der Waals surface area (Å²) >= 11 is 1.93. The fourth-order valence-electron chi connectivity index (χ4n) is 2.64. The highest BCUT2D eigenvalue weighted by Gasteiger charge is 2.27. The maximum Gasteiger partial charge on any atom is 0.0391 e. The molecular formula is C19H27NS.